The summed E-state index contributed by atoms with van der Waals surface area (Å²) in [4.78, 5) is 17.5. The highest BCUT2D eigenvalue weighted by Crippen LogP contribution is 2.12. The number of carbonyl (C=O) groups excluding carboxylic acids is 1. The molecule has 1 amide bonds. The van der Waals surface area contributed by atoms with Gasteiger partial charge in [-0.15, -0.1) is 0 Å². The summed E-state index contributed by atoms with van der Waals surface area (Å²) in [5.74, 6) is 1.000. The topological polar surface area (TPSA) is 99.7 Å². The summed E-state index contributed by atoms with van der Waals surface area (Å²) >= 11 is 0. The second kappa shape index (κ2) is 6.12. The summed E-state index contributed by atoms with van der Waals surface area (Å²) in [6, 6.07) is 0. The molecule has 0 bridgehead atoms. The standard InChI is InChI=1S/C12H19N3O4/c1-2-3-10-13-11(19-14-10)4-5-12(18)15-6-8(16)9(17)7-15/h8-9,16-17H,2-7H2,1H3/t8-,9+. The molecule has 7 nitrogen and oxygen atoms in total. The molecular formula is C12H19N3O4. The van der Waals surface area contributed by atoms with Crippen LogP contribution < -0.4 is 0 Å². The van der Waals surface area contributed by atoms with Gasteiger partial charge in [-0.3, -0.25) is 4.79 Å². The number of rotatable bonds is 5. The van der Waals surface area contributed by atoms with Gasteiger partial charge in [0, 0.05) is 32.4 Å². The van der Waals surface area contributed by atoms with Crippen molar-refractivity contribution in [1.29, 1.82) is 0 Å². The van der Waals surface area contributed by atoms with E-state index in [1.54, 1.807) is 0 Å². The Balaban J connectivity index is 1.80. The maximum atomic E-state index is 11.9. The van der Waals surface area contributed by atoms with Crippen molar-refractivity contribution in [3.8, 4) is 0 Å². The van der Waals surface area contributed by atoms with Gasteiger partial charge in [-0.1, -0.05) is 12.1 Å². The molecule has 2 rings (SSSR count). The third kappa shape index (κ3) is 3.51. The second-order valence-electron chi connectivity index (χ2n) is 4.79. The lowest BCUT2D eigenvalue weighted by Crippen LogP contribution is -2.29. The van der Waals surface area contributed by atoms with E-state index in [1.165, 1.54) is 4.90 Å². The van der Waals surface area contributed by atoms with Crippen LogP contribution in [0.25, 0.3) is 0 Å². The summed E-state index contributed by atoms with van der Waals surface area (Å²) in [6.07, 6.45) is 0.654. The zero-order chi connectivity index (χ0) is 13.8. The van der Waals surface area contributed by atoms with Crippen LogP contribution in [0.15, 0.2) is 4.52 Å². The molecular weight excluding hydrogens is 250 g/mol. The molecule has 1 saturated heterocycles. The molecule has 0 aromatic carbocycles. The molecule has 106 valence electrons. The third-order valence-corrected chi connectivity index (χ3v) is 3.15. The molecule has 2 heterocycles. The fourth-order valence-electron chi connectivity index (χ4n) is 2.06. The molecule has 1 fully saturated rings. The number of β-amino-alcohol motifs (C(OH)–C–C–N with tert-alkyl or cyclic N) is 2. The van der Waals surface area contributed by atoms with E-state index in [2.05, 4.69) is 10.1 Å². The average Bonchev–Trinajstić information content (AvgIpc) is 2.95. The Morgan fingerprint density at radius 3 is 2.68 bits per heavy atom. The van der Waals surface area contributed by atoms with Gasteiger partial charge < -0.3 is 19.6 Å². The van der Waals surface area contributed by atoms with Gasteiger partial charge in [-0.25, -0.2) is 0 Å². The van der Waals surface area contributed by atoms with E-state index in [1.807, 2.05) is 6.92 Å². The number of nitrogens with zero attached hydrogens (tertiary/aromatic N) is 3. The van der Waals surface area contributed by atoms with E-state index < -0.39 is 12.2 Å². The number of aliphatic hydroxyl groups is 2. The lowest BCUT2D eigenvalue weighted by atomic mass is 10.2. The van der Waals surface area contributed by atoms with E-state index in [4.69, 9.17) is 4.52 Å². The maximum Gasteiger partial charge on any atom is 0.227 e. The number of hydrogen-bond acceptors (Lipinski definition) is 6. The highest BCUT2D eigenvalue weighted by molar-refractivity contribution is 5.76. The number of amides is 1. The Bertz CT molecular complexity index is 424. The van der Waals surface area contributed by atoms with Crippen LogP contribution >= 0.6 is 0 Å². The van der Waals surface area contributed by atoms with E-state index in [9.17, 15) is 15.0 Å². The van der Waals surface area contributed by atoms with Crippen LogP contribution in [0.3, 0.4) is 0 Å². The summed E-state index contributed by atoms with van der Waals surface area (Å²) in [7, 11) is 0. The Labute approximate surface area is 111 Å². The SMILES string of the molecule is CCCc1noc(CCC(=O)N2C[C@@H](O)[C@@H](O)C2)n1. The smallest absolute Gasteiger partial charge is 0.227 e. The number of aliphatic hydroxyl groups excluding tert-OH is 2. The molecule has 1 aromatic heterocycles. The van der Waals surface area contributed by atoms with Gasteiger partial charge in [-0.05, 0) is 6.42 Å². The van der Waals surface area contributed by atoms with Crippen LogP contribution in [0.2, 0.25) is 0 Å². The monoisotopic (exact) mass is 269 g/mol. The zero-order valence-electron chi connectivity index (χ0n) is 10.9. The Hall–Kier alpha value is -1.47. The summed E-state index contributed by atoms with van der Waals surface area (Å²) in [6.45, 7) is 2.40. The van der Waals surface area contributed by atoms with Crippen molar-refractivity contribution in [2.75, 3.05) is 13.1 Å². The van der Waals surface area contributed by atoms with Crippen LogP contribution in [-0.4, -0.2) is 56.5 Å². The molecule has 2 atom stereocenters. The Kier molecular flexibility index (Phi) is 4.49. The fourth-order valence-corrected chi connectivity index (χ4v) is 2.06. The van der Waals surface area contributed by atoms with Gasteiger partial charge in [0.2, 0.25) is 11.8 Å². The molecule has 19 heavy (non-hydrogen) atoms. The minimum atomic E-state index is -0.844. The van der Waals surface area contributed by atoms with Gasteiger partial charge in [0.25, 0.3) is 0 Å². The summed E-state index contributed by atoms with van der Waals surface area (Å²) in [5, 5.41) is 22.6. The van der Waals surface area contributed by atoms with Crippen molar-refractivity contribution in [2.24, 2.45) is 0 Å². The van der Waals surface area contributed by atoms with E-state index in [0.717, 1.165) is 12.8 Å². The lowest BCUT2D eigenvalue weighted by molar-refractivity contribution is -0.130. The van der Waals surface area contributed by atoms with Crippen molar-refractivity contribution in [2.45, 2.75) is 44.8 Å². The minimum absolute atomic E-state index is 0.120. The molecule has 2 N–H and O–H groups in total. The molecule has 0 aliphatic carbocycles. The number of aromatic nitrogens is 2. The first-order valence-corrected chi connectivity index (χ1v) is 6.55. The fraction of sp³-hybridized carbons (Fsp3) is 0.750. The maximum absolute atomic E-state index is 11.9. The number of hydrogen-bond donors (Lipinski definition) is 2. The van der Waals surface area contributed by atoms with Gasteiger partial charge in [0.05, 0.1) is 12.2 Å². The molecule has 0 unspecified atom stereocenters. The average molecular weight is 269 g/mol. The van der Waals surface area contributed by atoms with Crippen molar-refractivity contribution < 1.29 is 19.5 Å². The minimum Gasteiger partial charge on any atom is -0.388 e. The van der Waals surface area contributed by atoms with Gasteiger partial charge in [0.15, 0.2) is 5.82 Å². The first-order chi connectivity index (χ1) is 9.10. The first kappa shape index (κ1) is 14.0. The molecule has 7 heteroatoms. The van der Waals surface area contributed by atoms with Crippen molar-refractivity contribution in [3.05, 3.63) is 11.7 Å². The number of carbonyl (C=O) groups is 1. The molecule has 1 aliphatic heterocycles. The van der Waals surface area contributed by atoms with Crippen LogP contribution in [0.5, 0.6) is 0 Å². The van der Waals surface area contributed by atoms with Crippen LogP contribution in [-0.2, 0) is 17.6 Å². The molecule has 0 spiro atoms. The number of aryl methyl sites for hydroxylation is 2. The Morgan fingerprint density at radius 1 is 1.37 bits per heavy atom. The van der Waals surface area contributed by atoms with Crippen molar-refractivity contribution >= 4 is 5.91 Å². The normalized spacial score (nSPS) is 23.0. The lowest BCUT2D eigenvalue weighted by Gasteiger charge is -2.14. The predicted molar refractivity (Wildman–Crippen MR) is 65.2 cm³/mol. The highest BCUT2D eigenvalue weighted by Gasteiger charge is 2.32. The highest BCUT2D eigenvalue weighted by atomic mass is 16.5. The largest absolute Gasteiger partial charge is 0.388 e. The van der Waals surface area contributed by atoms with Gasteiger partial charge in [-0.2, -0.15) is 4.98 Å². The Morgan fingerprint density at radius 2 is 2.05 bits per heavy atom. The summed E-state index contributed by atoms with van der Waals surface area (Å²) in [5.41, 5.74) is 0. The van der Waals surface area contributed by atoms with Crippen LogP contribution in [0, 0.1) is 0 Å². The van der Waals surface area contributed by atoms with E-state index in [-0.39, 0.29) is 25.4 Å². The van der Waals surface area contributed by atoms with Gasteiger partial charge >= 0.3 is 0 Å². The second-order valence-corrected chi connectivity index (χ2v) is 4.79. The zero-order valence-corrected chi connectivity index (χ0v) is 10.9. The summed E-state index contributed by atoms with van der Waals surface area (Å²) < 4.78 is 5.04. The van der Waals surface area contributed by atoms with Crippen LogP contribution in [0.4, 0.5) is 0 Å². The molecule has 0 saturated carbocycles. The van der Waals surface area contributed by atoms with Crippen LogP contribution in [0.1, 0.15) is 31.5 Å². The van der Waals surface area contributed by atoms with E-state index >= 15 is 0 Å². The van der Waals surface area contributed by atoms with Crippen molar-refractivity contribution in [3.63, 3.8) is 0 Å². The quantitative estimate of drug-likeness (QED) is 0.749. The third-order valence-electron chi connectivity index (χ3n) is 3.15. The van der Waals surface area contributed by atoms with E-state index in [0.29, 0.717) is 18.1 Å². The van der Waals surface area contributed by atoms with Crippen molar-refractivity contribution in [1.82, 2.24) is 15.0 Å². The molecule has 0 radical (unpaired) electrons. The molecule has 1 aromatic rings. The first-order valence-electron chi connectivity index (χ1n) is 6.55. The van der Waals surface area contributed by atoms with Gasteiger partial charge in [0.1, 0.15) is 0 Å². The number of likely N-dealkylation sites (tertiary alicyclic amines) is 1. The predicted octanol–water partition coefficient (Wildman–Crippen LogP) is -0.481. The molecule has 1 aliphatic rings.